The lowest BCUT2D eigenvalue weighted by Gasteiger charge is -2.19. The molecule has 49 heavy (non-hydrogen) atoms. The van der Waals surface area contributed by atoms with E-state index in [2.05, 4.69) is 36.1 Å². The number of unbranched alkanes of at least 4 members (excludes halogenated alkanes) is 4. The molecular formula is C41H49N3O5. The van der Waals surface area contributed by atoms with Crippen molar-refractivity contribution in [3.63, 3.8) is 0 Å². The number of nitrogens with one attached hydrogen (secondary N) is 1. The third-order valence-electron chi connectivity index (χ3n) is 8.50. The Morgan fingerprint density at radius 2 is 1.33 bits per heavy atom. The van der Waals surface area contributed by atoms with Crippen molar-refractivity contribution in [3.05, 3.63) is 102 Å². The van der Waals surface area contributed by atoms with Crippen LogP contribution in [0.3, 0.4) is 0 Å². The fourth-order valence-corrected chi connectivity index (χ4v) is 5.63. The number of carboxylic acids is 1. The zero-order valence-electron chi connectivity index (χ0n) is 29.2. The number of amides is 1. The summed E-state index contributed by atoms with van der Waals surface area (Å²) in [6.45, 7) is 8.63. The van der Waals surface area contributed by atoms with Gasteiger partial charge in [-0.05, 0) is 60.9 Å². The fourth-order valence-electron chi connectivity index (χ4n) is 5.63. The lowest BCUT2D eigenvalue weighted by Crippen LogP contribution is -2.42. The first-order valence-electron chi connectivity index (χ1n) is 17.4. The van der Waals surface area contributed by atoms with Crippen LogP contribution in [-0.2, 0) is 22.4 Å². The minimum absolute atomic E-state index is 0.0415. The van der Waals surface area contributed by atoms with Gasteiger partial charge in [-0.3, -0.25) is 14.4 Å². The second-order valence-electron chi connectivity index (χ2n) is 13.2. The van der Waals surface area contributed by atoms with Crippen LogP contribution in [0, 0.1) is 11.8 Å². The quantitative estimate of drug-likeness (QED) is 0.0764. The molecule has 0 aliphatic carbocycles. The summed E-state index contributed by atoms with van der Waals surface area (Å²) in [5.41, 5.74) is 5.24. The Labute approximate surface area is 290 Å². The van der Waals surface area contributed by atoms with Crippen molar-refractivity contribution >= 4 is 17.7 Å². The number of carbonyl (C=O) groups is 3. The molecule has 8 heteroatoms. The van der Waals surface area contributed by atoms with Crippen molar-refractivity contribution in [2.24, 2.45) is 11.8 Å². The lowest BCUT2D eigenvalue weighted by molar-refractivity contribution is -0.141. The van der Waals surface area contributed by atoms with Crippen molar-refractivity contribution < 1.29 is 24.2 Å². The highest BCUT2D eigenvalue weighted by Crippen LogP contribution is 2.25. The van der Waals surface area contributed by atoms with Crippen molar-refractivity contribution in [1.29, 1.82) is 0 Å². The highest BCUT2D eigenvalue weighted by atomic mass is 16.5. The van der Waals surface area contributed by atoms with Gasteiger partial charge in [-0.1, -0.05) is 107 Å². The third-order valence-corrected chi connectivity index (χ3v) is 8.50. The molecule has 3 aromatic carbocycles. The summed E-state index contributed by atoms with van der Waals surface area (Å²) in [7, 11) is 0. The first kappa shape index (κ1) is 37.0. The molecule has 1 heterocycles. The Morgan fingerprint density at radius 1 is 0.735 bits per heavy atom. The smallest absolute Gasteiger partial charge is 0.325 e. The summed E-state index contributed by atoms with van der Waals surface area (Å²) < 4.78 is 5.89. The minimum Gasteiger partial charge on any atom is -0.494 e. The second kappa shape index (κ2) is 18.6. The van der Waals surface area contributed by atoms with Gasteiger partial charge in [0.2, 0.25) is 5.91 Å². The predicted molar refractivity (Wildman–Crippen MR) is 194 cm³/mol. The highest BCUT2D eigenvalue weighted by Gasteiger charge is 2.26. The third kappa shape index (κ3) is 11.7. The van der Waals surface area contributed by atoms with E-state index in [-0.39, 0.29) is 18.6 Å². The van der Waals surface area contributed by atoms with Gasteiger partial charge in [0.15, 0.2) is 11.6 Å². The van der Waals surface area contributed by atoms with E-state index in [0.29, 0.717) is 17.3 Å². The number of carbonyl (C=O) groups excluding carboxylic acids is 2. The average molecular weight is 664 g/mol. The van der Waals surface area contributed by atoms with E-state index in [4.69, 9.17) is 4.74 Å². The zero-order valence-corrected chi connectivity index (χ0v) is 29.2. The van der Waals surface area contributed by atoms with E-state index in [9.17, 15) is 19.5 Å². The van der Waals surface area contributed by atoms with Gasteiger partial charge >= 0.3 is 5.97 Å². The highest BCUT2D eigenvalue weighted by molar-refractivity contribution is 5.99. The van der Waals surface area contributed by atoms with Crippen molar-refractivity contribution in [2.45, 2.75) is 85.1 Å². The van der Waals surface area contributed by atoms with E-state index in [1.165, 1.54) is 32.6 Å². The monoisotopic (exact) mass is 663 g/mol. The molecule has 4 rings (SSSR count). The summed E-state index contributed by atoms with van der Waals surface area (Å²) >= 11 is 0. The Hall–Kier alpha value is -4.85. The molecule has 0 aliphatic heterocycles. The molecule has 0 bridgehead atoms. The largest absolute Gasteiger partial charge is 0.494 e. The van der Waals surface area contributed by atoms with E-state index in [1.54, 1.807) is 24.5 Å². The summed E-state index contributed by atoms with van der Waals surface area (Å²) in [4.78, 5) is 47.1. The first-order valence-corrected chi connectivity index (χ1v) is 17.4. The molecule has 258 valence electrons. The van der Waals surface area contributed by atoms with Crippen LogP contribution < -0.4 is 10.1 Å². The van der Waals surface area contributed by atoms with Gasteiger partial charge < -0.3 is 15.2 Å². The Kier molecular flexibility index (Phi) is 14.1. The minimum atomic E-state index is -1.14. The van der Waals surface area contributed by atoms with Crippen LogP contribution in [0.4, 0.5) is 0 Å². The Balaban J connectivity index is 1.39. The number of rotatable bonds is 19. The van der Waals surface area contributed by atoms with Crippen LogP contribution in [0.5, 0.6) is 5.75 Å². The SMILES string of the molecule is CCCCCCCOc1ccc(-c2cnc(-c3ccc(C[C@H](CC(=O)c4ccc(CC(C)C)cc4)C(=O)N[C@H](C)C(=O)O)cc3)nc2)cc1. The maximum atomic E-state index is 13.3. The molecule has 0 unspecified atom stereocenters. The summed E-state index contributed by atoms with van der Waals surface area (Å²) in [5, 5.41) is 11.9. The van der Waals surface area contributed by atoms with E-state index >= 15 is 0 Å². The molecule has 0 spiro atoms. The molecule has 0 saturated heterocycles. The van der Waals surface area contributed by atoms with Crippen LogP contribution in [0.1, 0.15) is 87.7 Å². The maximum Gasteiger partial charge on any atom is 0.325 e. The number of ether oxygens (including phenoxy) is 1. The van der Waals surface area contributed by atoms with E-state index in [1.807, 2.05) is 60.7 Å². The van der Waals surface area contributed by atoms with Gasteiger partial charge in [-0.25, -0.2) is 9.97 Å². The average Bonchev–Trinajstić information content (AvgIpc) is 3.10. The van der Waals surface area contributed by atoms with E-state index < -0.39 is 23.8 Å². The number of aromatic nitrogens is 2. The van der Waals surface area contributed by atoms with Gasteiger partial charge in [0.25, 0.3) is 0 Å². The molecule has 0 radical (unpaired) electrons. The summed E-state index contributed by atoms with van der Waals surface area (Å²) in [6.07, 6.45) is 10.8. The standard InChI is InChI=1S/C41H49N3O5/c1-5-6-7-8-9-22-49-37-20-18-32(19-21-37)36-26-42-39(43-27-36)34-16-12-31(13-17-34)24-35(40(46)44-29(4)41(47)48)25-38(45)33-14-10-30(11-15-33)23-28(2)3/h10-21,26-29,35H,5-9,22-25H2,1-4H3,(H,44,46)(H,47,48)/t29-,35-/m1/s1. The molecule has 0 aliphatic rings. The van der Waals surface area contributed by atoms with Crippen LogP contribution in [0.15, 0.2) is 85.2 Å². The normalized spacial score (nSPS) is 12.3. The molecule has 2 N–H and O–H groups in total. The number of hydrogen-bond donors (Lipinski definition) is 2. The van der Waals surface area contributed by atoms with Gasteiger partial charge in [-0.15, -0.1) is 0 Å². The molecule has 4 aromatic rings. The van der Waals surface area contributed by atoms with Gasteiger partial charge in [0.1, 0.15) is 11.8 Å². The van der Waals surface area contributed by atoms with Crippen molar-refractivity contribution in [3.8, 4) is 28.3 Å². The molecular weight excluding hydrogens is 614 g/mol. The fraction of sp³-hybridized carbons (Fsp3) is 0.390. The number of carboxylic acid groups (broad SMARTS) is 1. The molecule has 0 fully saturated rings. The lowest BCUT2D eigenvalue weighted by atomic mass is 9.90. The van der Waals surface area contributed by atoms with E-state index in [0.717, 1.165) is 53.0 Å². The van der Waals surface area contributed by atoms with Crippen LogP contribution in [0.25, 0.3) is 22.5 Å². The van der Waals surface area contributed by atoms with Gasteiger partial charge in [-0.2, -0.15) is 0 Å². The van der Waals surface area contributed by atoms with Gasteiger partial charge in [0, 0.05) is 41.4 Å². The van der Waals surface area contributed by atoms with Crippen molar-refractivity contribution in [1.82, 2.24) is 15.3 Å². The molecule has 8 nitrogen and oxygen atoms in total. The first-order chi connectivity index (χ1) is 23.6. The van der Waals surface area contributed by atoms with Crippen LogP contribution >= 0.6 is 0 Å². The predicted octanol–water partition coefficient (Wildman–Crippen LogP) is 8.38. The second-order valence-corrected chi connectivity index (χ2v) is 13.2. The Morgan fingerprint density at radius 3 is 1.94 bits per heavy atom. The van der Waals surface area contributed by atoms with Gasteiger partial charge in [0.05, 0.1) is 6.61 Å². The van der Waals surface area contributed by atoms with Crippen molar-refractivity contribution in [2.75, 3.05) is 6.61 Å². The van der Waals surface area contributed by atoms with Crippen LogP contribution in [0.2, 0.25) is 0 Å². The number of aliphatic carboxylic acids is 1. The number of benzene rings is 3. The number of ketones is 1. The number of Topliss-reactive ketones (excluding diaryl/α,β-unsaturated/α-hetero) is 1. The number of nitrogens with zero attached hydrogens (tertiary/aromatic N) is 2. The molecule has 1 aromatic heterocycles. The number of hydrogen-bond acceptors (Lipinski definition) is 6. The zero-order chi connectivity index (χ0) is 35.2. The molecule has 2 atom stereocenters. The van der Waals surface area contributed by atoms with Crippen LogP contribution in [-0.4, -0.2) is 45.4 Å². The molecule has 0 saturated carbocycles. The maximum absolute atomic E-state index is 13.3. The topological polar surface area (TPSA) is 118 Å². The Bertz CT molecular complexity index is 1630. The molecule has 1 amide bonds. The summed E-state index contributed by atoms with van der Waals surface area (Å²) in [6, 6.07) is 22.0. The summed E-state index contributed by atoms with van der Waals surface area (Å²) in [5.74, 6) is -0.583.